The Bertz CT molecular complexity index is 361. The van der Waals surface area contributed by atoms with Crippen LogP contribution in [0, 0.1) is 0 Å². The minimum Gasteiger partial charge on any atom is -0.395 e. The van der Waals surface area contributed by atoms with E-state index in [1.54, 1.807) is 7.11 Å². The van der Waals surface area contributed by atoms with E-state index < -0.39 is 0 Å². The Balaban J connectivity index is 2.83. The monoisotopic (exact) mass is 272 g/mol. The number of benzene rings is 1. The van der Waals surface area contributed by atoms with Crippen LogP contribution in [-0.4, -0.2) is 45.6 Å². The van der Waals surface area contributed by atoms with Gasteiger partial charge >= 0.3 is 0 Å². The molecule has 18 heavy (non-hydrogen) atoms. The lowest BCUT2D eigenvalue weighted by Gasteiger charge is -2.25. The molecule has 0 saturated heterocycles. The van der Waals surface area contributed by atoms with E-state index in [4.69, 9.17) is 21.4 Å². The number of hydrogen-bond donors (Lipinski definition) is 2. The van der Waals surface area contributed by atoms with Crippen LogP contribution in [0.1, 0.15) is 5.56 Å². The molecule has 0 aliphatic carbocycles. The molecular weight excluding hydrogens is 252 g/mol. The number of anilines is 1. The van der Waals surface area contributed by atoms with Gasteiger partial charge in [0.2, 0.25) is 0 Å². The molecular formula is C13H21ClN2O2. The van der Waals surface area contributed by atoms with Gasteiger partial charge in [-0.15, -0.1) is 0 Å². The first-order valence-electron chi connectivity index (χ1n) is 6.00. The zero-order chi connectivity index (χ0) is 13.4. The smallest absolute Gasteiger partial charge is 0.0642 e. The second-order valence-corrected chi connectivity index (χ2v) is 4.43. The van der Waals surface area contributed by atoms with Gasteiger partial charge in [-0.3, -0.25) is 0 Å². The van der Waals surface area contributed by atoms with Crippen molar-refractivity contribution in [1.29, 1.82) is 0 Å². The Morgan fingerprint density at radius 1 is 1.39 bits per heavy atom. The lowest BCUT2D eigenvalue weighted by atomic mass is 10.2. The number of rotatable bonds is 8. The summed E-state index contributed by atoms with van der Waals surface area (Å²) < 4.78 is 5.07. The minimum absolute atomic E-state index is 0.0955. The largest absolute Gasteiger partial charge is 0.395 e. The number of methoxy groups -OCH3 is 1. The van der Waals surface area contributed by atoms with Gasteiger partial charge < -0.3 is 20.1 Å². The second-order valence-electron chi connectivity index (χ2n) is 4.02. The van der Waals surface area contributed by atoms with E-state index in [9.17, 15) is 0 Å². The van der Waals surface area contributed by atoms with Crippen LogP contribution in [0.5, 0.6) is 0 Å². The van der Waals surface area contributed by atoms with Crippen molar-refractivity contribution in [1.82, 2.24) is 5.32 Å². The Morgan fingerprint density at radius 3 is 2.72 bits per heavy atom. The molecule has 0 saturated carbocycles. The van der Waals surface area contributed by atoms with Crippen LogP contribution >= 0.6 is 11.6 Å². The van der Waals surface area contributed by atoms with Gasteiger partial charge in [-0.2, -0.15) is 0 Å². The lowest BCUT2D eigenvalue weighted by molar-refractivity contribution is 0.203. The Labute approximate surface area is 114 Å². The number of ether oxygens (including phenoxy) is 1. The molecule has 0 heterocycles. The molecule has 102 valence electrons. The maximum Gasteiger partial charge on any atom is 0.0642 e. The molecule has 4 nitrogen and oxygen atoms in total. The maximum absolute atomic E-state index is 9.09. The Hall–Kier alpha value is -0.810. The summed E-state index contributed by atoms with van der Waals surface area (Å²) in [6.45, 7) is 2.75. The summed E-state index contributed by atoms with van der Waals surface area (Å²) in [5.41, 5.74) is 2.07. The standard InChI is InChI=1S/C13H21ClN2O2/c1-15-10-11-3-4-13(12(14)9-11)16(5-7-17)6-8-18-2/h3-4,9,15,17H,5-8,10H2,1-2H3. The highest BCUT2D eigenvalue weighted by molar-refractivity contribution is 6.33. The number of hydrogen-bond acceptors (Lipinski definition) is 4. The van der Waals surface area contributed by atoms with E-state index in [1.165, 1.54) is 0 Å². The quantitative estimate of drug-likeness (QED) is 0.753. The van der Waals surface area contributed by atoms with E-state index in [1.807, 2.05) is 30.1 Å². The van der Waals surface area contributed by atoms with Crippen LogP contribution in [0.4, 0.5) is 5.69 Å². The van der Waals surface area contributed by atoms with E-state index in [-0.39, 0.29) is 6.61 Å². The third-order valence-electron chi connectivity index (χ3n) is 2.67. The highest BCUT2D eigenvalue weighted by Crippen LogP contribution is 2.26. The lowest BCUT2D eigenvalue weighted by Crippen LogP contribution is -2.30. The van der Waals surface area contributed by atoms with Gasteiger partial charge in [-0.05, 0) is 24.7 Å². The summed E-state index contributed by atoms with van der Waals surface area (Å²) in [5.74, 6) is 0. The molecule has 0 aromatic heterocycles. The van der Waals surface area contributed by atoms with Crippen molar-refractivity contribution < 1.29 is 9.84 Å². The SMILES string of the molecule is CNCc1ccc(N(CCO)CCOC)c(Cl)c1. The van der Waals surface area contributed by atoms with E-state index >= 15 is 0 Å². The molecule has 0 aliphatic rings. The van der Waals surface area contributed by atoms with Gasteiger partial charge in [0.1, 0.15) is 0 Å². The van der Waals surface area contributed by atoms with Gasteiger partial charge in [0, 0.05) is 26.7 Å². The molecule has 0 aliphatic heterocycles. The van der Waals surface area contributed by atoms with Crippen molar-refractivity contribution in [3.8, 4) is 0 Å². The number of aliphatic hydroxyl groups excluding tert-OH is 1. The molecule has 0 spiro atoms. The molecule has 1 aromatic carbocycles. The average Bonchev–Trinajstić information content (AvgIpc) is 2.35. The normalized spacial score (nSPS) is 10.7. The number of nitrogens with one attached hydrogen (secondary N) is 1. The van der Waals surface area contributed by atoms with E-state index in [0.29, 0.717) is 24.7 Å². The fourth-order valence-corrected chi connectivity index (χ4v) is 2.12. The highest BCUT2D eigenvalue weighted by Gasteiger charge is 2.10. The summed E-state index contributed by atoms with van der Waals surface area (Å²) in [6.07, 6.45) is 0. The van der Waals surface area contributed by atoms with Crippen molar-refractivity contribution in [2.45, 2.75) is 6.54 Å². The molecule has 5 heteroatoms. The zero-order valence-corrected chi connectivity index (χ0v) is 11.7. The van der Waals surface area contributed by atoms with Crippen LogP contribution in [0.25, 0.3) is 0 Å². The van der Waals surface area contributed by atoms with Crippen LogP contribution in [0.2, 0.25) is 5.02 Å². The van der Waals surface area contributed by atoms with Gasteiger partial charge in [0.05, 0.1) is 23.9 Å². The molecule has 1 rings (SSSR count). The topological polar surface area (TPSA) is 44.7 Å². The predicted octanol–water partition coefficient (Wildman–Crippen LogP) is 1.50. The summed E-state index contributed by atoms with van der Waals surface area (Å²) in [4.78, 5) is 2.02. The summed E-state index contributed by atoms with van der Waals surface area (Å²) in [5, 5.41) is 12.9. The molecule has 0 bridgehead atoms. The number of halogens is 1. The molecule has 0 unspecified atom stereocenters. The Morgan fingerprint density at radius 2 is 2.17 bits per heavy atom. The van der Waals surface area contributed by atoms with Crippen LogP contribution in [0.15, 0.2) is 18.2 Å². The van der Waals surface area contributed by atoms with Crippen LogP contribution in [-0.2, 0) is 11.3 Å². The zero-order valence-electron chi connectivity index (χ0n) is 10.9. The van der Waals surface area contributed by atoms with Crippen LogP contribution < -0.4 is 10.2 Å². The number of aliphatic hydroxyl groups is 1. The van der Waals surface area contributed by atoms with Crippen molar-refractivity contribution in [3.05, 3.63) is 28.8 Å². The predicted molar refractivity (Wildman–Crippen MR) is 75.4 cm³/mol. The molecule has 0 radical (unpaired) electrons. The first-order chi connectivity index (χ1) is 8.72. The van der Waals surface area contributed by atoms with Crippen molar-refractivity contribution in [2.75, 3.05) is 45.4 Å². The fraction of sp³-hybridized carbons (Fsp3) is 0.538. The second kappa shape index (κ2) is 8.32. The molecule has 0 amide bonds. The third-order valence-corrected chi connectivity index (χ3v) is 2.97. The van der Waals surface area contributed by atoms with Crippen LogP contribution in [0.3, 0.4) is 0 Å². The fourth-order valence-electron chi connectivity index (χ4n) is 1.80. The van der Waals surface area contributed by atoms with Gasteiger partial charge in [-0.1, -0.05) is 17.7 Å². The molecule has 2 N–H and O–H groups in total. The van der Waals surface area contributed by atoms with Gasteiger partial charge in [0.15, 0.2) is 0 Å². The maximum atomic E-state index is 9.09. The molecule has 0 fully saturated rings. The van der Waals surface area contributed by atoms with Gasteiger partial charge in [0.25, 0.3) is 0 Å². The van der Waals surface area contributed by atoms with E-state index in [2.05, 4.69) is 5.32 Å². The number of nitrogens with zero attached hydrogens (tertiary/aromatic N) is 1. The minimum atomic E-state index is 0.0955. The molecule has 0 atom stereocenters. The highest BCUT2D eigenvalue weighted by atomic mass is 35.5. The average molecular weight is 273 g/mol. The summed E-state index contributed by atoms with van der Waals surface area (Å²) in [7, 11) is 3.56. The third kappa shape index (κ3) is 4.46. The van der Waals surface area contributed by atoms with Crippen molar-refractivity contribution >= 4 is 17.3 Å². The van der Waals surface area contributed by atoms with Crippen molar-refractivity contribution in [3.63, 3.8) is 0 Å². The van der Waals surface area contributed by atoms with Crippen molar-refractivity contribution in [2.24, 2.45) is 0 Å². The van der Waals surface area contributed by atoms with E-state index in [0.717, 1.165) is 17.8 Å². The summed E-state index contributed by atoms with van der Waals surface area (Å²) in [6, 6.07) is 5.97. The summed E-state index contributed by atoms with van der Waals surface area (Å²) >= 11 is 6.28. The molecule has 1 aromatic rings. The first-order valence-corrected chi connectivity index (χ1v) is 6.38. The Kier molecular flexibility index (Phi) is 7.05. The first kappa shape index (κ1) is 15.2. The van der Waals surface area contributed by atoms with Gasteiger partial charge in [-0.25, -0.2) is 0 Å².